The summed E-state index contributed by atoms with van der Waals surface area (Å²) in [6.07, 6.45) is 1.72. The molecule has 0 saturated carbocycles. The van der Waals surface area contributed by atoms with Crippen molar-refractivity contribution in [3.8, 4) is 0 Å². The van der Waals surface area contributed by atoms with Gasteiger partial charge in [-0.3, -0.25) is 14.2 Å². The number of thiophene rings is 1. The highest BCUT2D eigenvalue weighted by Gasteiger charge is 2.19. The van der Waals surface area contributed by atoms with Crippen LogP contribution in [0.3, 0.4) is 0 Å². The van der Waals surface area contributed by atoms with Gasteiger partial charge in [0.2, 0.25) is 5.91 Å². The topological polar surface area (TPSA) is 76.9 Å². The Morgan fingerprint density at radius 3 is 2.57 bits per heavy atom. The van der Waals surface area contributed by atoms with Crippen LogP contribution in [0, 0.1) is 0 Å². The van der Waals surface area contributed by atoms with Crippen molar-refractivity contribution in [2.75, 3.05) is 5.75 Å². The van der Waals surface area contributed by atoms with Crippen molar-refractivity contribution in [1.29, 1.82) is 0 Å². The van der Waals surface area contributed by atoms with E-state index >= 15 is 0 Å². The summed E-state index contributed by atoms with van der Waals surface area (Å²) in [5, 5.41) is 4.36. The molecule has 2 aromatic carbocycles. The number of hydrogen-bond donors (Lipinski definition) is 1. The molecule has 176 valence electrons. The molecule has 1 unspecified atom stereocenters. The minimum absolute atomic E-state index is 0.0898. The first kappa shape index (κ1) is 23.3. The lowest BCUT2D eigenvalue weighted by molar-refractivity contribution is -0.118. The summed E-state index contributed by atoms with van der Waals surface area (Å²) < 4.78 is 2.31. The third-order valence-electron chi connectivity index (χ3n) is 5.81. The molecule has 6 nitrogen and oxygen atoms in total. The molecule has 0 aliphatic heterocycles. The molecule has 0 radical (unpaired) electrons. The summed E-state index contributed by atoms with van der Waals surface area (Å²) in [4.78, 5) is 36.3. The SMILES string of the molecule is CC(Cn1c(SCC(=O)NCc2ccccc2)nc2c(sc3ncccc32)c1=O)c1ccccc1. The number of thioether (sulfide) groups is 1. The largest absolute Gasteiger partial charge is 0.351 e. The van der Waals surface area contributed by atoms with Crippen molar-refractivity contribution in [2.24, 2.45) is 0 Å². The van der Waals surface area contributed by atoms with Crippen molar-refractivity contribution >= 4 is 49.4 Å². The third-order valence-corrected chi connectivity index (χ3v) is 7.87. The van der Waals surface area contributed by atoms with E-state index in [1.54, 1.807) is 10.8 Å². The van der Waals surface area contributed by atoms with E-state index in [9.17, 15) is 9.59 Å². The van der Waals surface area contributed by atoms with Gasteiger partial charge in [-0.15, -0.1) is 11.3 Å². The Balaban J connectivity index is 1.45. The minimum atomic E-state index is -0.104. The smallest absolute Gasteiger partial charge is 0.272 e. The molecule has 0 aliphatic carbocycles. The van der Waals surface area contributed by atoms with Gasteiger partial charge in [-0.05, 0) is 29.2 Å². The highest BCUT2D eigenvalue weighted by Crippen LogP contribution is 2.31. The molecule has 5 rings (SSSR count). The Labute approximate surface area is 211 Å². The first-order chi connectivity index (χ1) is 17.1. The van der Waals surface area contributed by atoms with Crippen LogP contribution in [0.4, 0.5) is 0 Å². The Morgan fingerprint density at radius 2 is 1.80 bits per heavy atom. The second kappa shape index (κ2) is 10.4. The van der Waals surface area contributed by atoms with Gasteiger partial charge in [0.25, 0.3) is 5.56 Å². The van der Waals surface area contributed by atoms with E-state index in [4.69, 9.17) is 4.98 Å². The number of nitrogens with zero attached hydrogens (tertiary/aromatic N) is 3. The normalized spacial score (nSPS) is 12.1. The maximum absolute atomic E-state index is 13.6. The lowest BCUT2D eigenvalue weighted by Crippen LogP contribution is -2.27. The average molecular weight is 501 g/mol. The Hall–Kier alpha value is -3.49. The number of pyridine rings is 1. The van der Waals surface area contributed by atoms with Gasteiger partial charge in [-0.1, -0.05) is 79.3 Å². The van der Waals surface area contributed by atoms with Gasteiger partial charge in [0.15, 0.2) is 5.16 Å². The zero-order valence-electron chi connectivity index (χ0n) is 19.2. The number of rotatable bonds is 8. The molecule has 3 heterocycles. The van der Waals surface area contributed by atoms with E-state index < -0.39 is 0 Å². The number of benzene rings is 2. The van der Waals surface area contributed by atoms with Crippen LogP contribution in [0.5, 0.6) is 0 Å². The lowest BCUT2D eigenvalue weighted by atomic mass is 10.0. The standard InChI is InChI=1S/C27H24N4O2S2/c1-18(20-11-6-3-7-12-20)16-31-26(33)24-23(21-13-8-14-28-25(21)35-24)30-27(31)34-17-22(32)29-15-19-9-4-2-5-10-19/h2-14,18H,15-17H2,1H3,(H,29,32). The second-order valence-electron chi connectivity index (χ2n) is 8.31. The maximum atomic E-state index is 13.6. The summed E-state index contributed by atoms with van der Waals surface area (Å²) in [6.45, 7) is 3.03. The zero-order chi connectivity index (χ0) is 24.2. The van der Waals surface area contributed by atoms with Crippen LogP contribution in [-0.4, -0.2) is 26.2 Å². The quantitative estimate of drug-likeness (QED) is 0.234. The molecule has 35 heavy (non-hydrogen) atoms. The van der Waals surface area contributed by atoms with Crippen LogP contribution < -0.4 is 10.9 Å². The lowest BCUT2D eigenvalue weighted by Gasteiger charge is -2.17. The molecule has 0 spiro atoms. The molecule has 0 aliphatic rings. The summed E-state index contributed by atoms with van der Waals surface area (Å²) in [6, 6.07) is 23.7. The number of carbonyl (C=O) groups excluding carboxylic acids is 1. The average Bonchev–Trinajstić information content (AvgIpc) is 3.28. The summed E-state index contributed by atoms with van der Waals surface area (Å²) >= 11 is 2.66. The molecule has 0 bridgehead atoms. The number of fused-ring (bicyclic) bond motifs is 3. The molecule has 1 atom stereocenters. The van der Waals surface area contributed by atoms with Gasteiger partial charge in [0, 0.05) is 24.7 Å². The summed E-state index contributed by atoms with van der Waals surface area (Å²) in [7, 11) is 0. The highest BCUT2D eigenvalue weighted by atomic mass is 32.2. The Bertz CT molecular complexity index is 1530. The van der Waals surface area contributed by atoms with Crippen molar-refractivity contribution in [1.82, 2.24) is 19.9 Å². The molecule has 0 saturated heterocycles. The number of hydrogen-bond acceptors (Lipinski definition) is 6. The molecule has 8 heteroatoms. The van der Waals surface area contributed by atoms with Crippen LogP contribution in [0.2, 0.25) is 0 Å². The molecular formula is C27H24N4O2S2. The van der Waals surface area contributed by atoms with Crippen molar-refractivity contribution in [3.63, 3.8) is 0 Å². The predicted octanol–water partition coefficient (Wildman–Crippen LogP) is 5.22. The number of aromatic nitrogens is 3. The zero-order valence-corrected chi connectivity index (χ0v) is 20.8. The molecular weight excluding hydrogens is 476 g/mol. The van der Waals surface area contributed by atoms with Crippen LogP contribution in [0.25, 0.3) is 20.4 Å². The van der Waals surface area contributed by atoms with Crippen molar-refractivity contribution in [2.45, 2.75) is 31.1 Å². The summed E-state index contributed by atoms with van der Waals surface area (Å²) in [5.41, 5.74) is 2.75. The number of nitrogens with one attached hydrogen (secondary N) is 1. The minimum Gasteiger partial charge on any atom is -0.351 e. The Morgan fingerprint density at radius 1 is 1.06 bits per heavy atom. The predicted molar refractivity (Wildman–Crippen MR) is 143 cm³/mol. The van der Waals surface area contributed by atoms with Crippen LogP contribution in [0.1, 0.15) is 24.0 Å². The van der Waals surface area contributed by atoms with E-state index in [-0.39, 0.29) is 23.1 Å². The van der Waals surface area contributed by atoms with E-state index in [1.807, 2.05) is 60.7 Å². The molecule has 1 N–H and O–H groups in total. The fourth-order valence-electron chi connectivity index (χ4n) is 3.95. The van der Waals surface area contributed by atoms with Crippen molar-refractivity contribution in [3.05, 3.63) is 100 Å². The maximum Gasteiger partial charge on any atom is 0.272 e. The first-order valence-electron chi connectivity index (χ1n) is 11.4. The third kappa shape index (κ3) is 5.13. The fraction of sp³-hybridized carbons (Fsp3) is 0.185. The van der Waals surface area contributed by atoms with Gasteiger partial charge in [-0.25, -0.2) is 9.97 Å². The highest BCUT2D eigenvalue weighted by molar-refractivity contribution is 7.99. The van der Waals surface area contributed by atoms with Gasteiger partial charge in [0.1, 0.15) is 9.53 Å². The van der Waals surface area contributed by atoms with Crippen LogP contribution in [-0.2, 0) is 17.9 Å². The van der Waals surface area contributed by atoms with E-state index in [0.717, 1.165) is 21.3 Å². The van der Waals surface area contributed by atoms with Gasteiger partial charge in [-0.2, -0.15) is 0 Å². The monoisotopic (exact) mass is 500 g/mol. The van der Waals surface area contributed by atoms with E-state index in [1.165, 1.54) is 23.1 Å². The first-order valence-corrected chi connectivity index (χ1v) is 13.2. The van der Waals surface area contributed by atoms with Gasteiger partial charge in [0.05, 0.1) is 11.3 Å². The number of carbonyl (C=O) groups is 1. The van der Waals surface area contributed by atoms with E-state index in [2.05, 4.69) is 29.4 Å². The van der Waals surface area contributed by atoms with E-state index in [0.29, 0.717) is 28.5 Å². The van der Waals surface area contributed by atoms with Gasteiger partial charge < -0.3 is 5.32 Å². The molecule has 3 aromatic heterocycles. The molecule has 1 amide bonds. The molecule has 5 aromatic rings. The van der Waals surface area contributed by atoms with Gasteiger partial charge >= 0.3 is 0 Å². The summed E-state index contributed by atoms with van der Waals surface area (Å²) in [5.74, 6) is 0.171. The Kier molecular flexibility index (Phi) is 6.92. The van der Waals surface area contributed by atoms with Crippen molar-refractivity contribution < 1.29 is 4.79 Å². The second-order valence-corrected chi connectivity index (χ2v) is 10.3. The van der Waals surface area contributed by atoms with Crippen LogP contribution in [0.15, 0.2) is 88.9 Å². The number of amides is 1. The van der Waals surface area contributed by atoms with Crippen LogP contribution >= 0.6 is 23.1 Å². The molecule has 0 fully saturated rings. The fourth-order valence-corrected chi connectivity index (χ4v) is 5.81.